The van der Waals surface area contributed by atoms with E-state index in [0.29, 0.717) is 23.2 Å². The van der Waals surface area contributed by atoms with Gasteiger partial charge in [0.05, 0.1) is 7.11 Å². The highest BCUT2D eigenvalue weighted by Crippen LogP contribution is 2.30. The number of para-hydroxylation sites is 2. The van der Waals surface area contributed by atoms with E-state index in [2.05, 4.69) is 10.2 Å². The van der Waals surface area contributed by atoms with Crippen LogP contribution in [0.4, 0.5) is 5.82 Å². The summed E-state index contributed by atoms with van der Waals surface area (Å²) in [7, 11) is 1.58. The van der Waals surface area contributed by atoms with Crippen molar-refractivity contribution < 1.29 is 9.47 Å². The molecule has 0 radical (unpaired) electrons. The van der Waals surface area contributed by atoms with Gasteiger partial charge in [-0.15, -0.1) is 17.5 Å². The summed E-state index contributed by atoms with van der Waals surface area (Å²) in [5.41, 5.74) is 5.47. The normalized spacial score (nSPS) is 9.31. The molecule has 5 nitrogen and oxygen atoms in total. The lowest BCUT2D eigenvalue weighted by atomic mass is 10.3. The lowest BCUT2D eigenvalue weighted by Gasteiger charge is -2.06. The number of nitrogens with one attached hydrogen (secondary N) is 1. The molecule has 0 amide bonds. The number of benzene rings is 1. The molecule has 0 bridgehead atoms. The van der Waals surface area contributed by atoms with Gasteiger partial charge in [-0.1, -0.05) is 12.1 Å². The second-order valence-corrected chi connectivity index (χ2v) is 2.91. The van der Waals surface area contributed by atoms with Crippen LogP contribution in [0.5, 0.6) is 17.4 Å². The van der Waals surface area contributed by atoms with Crippen molar-refractivity contribution in [3.63, 3.8) is 0 Å². The summed E-state index contributed by atoms with van der Waals surface area (Å²) in [5.74, 6) is 2.13. The third kappa shape index (κ3) is 2.58. The van der Waals surface area contributed by atoms with Gasteiger partial charge in [0.25, 0.3) is 0 Å². The van der Waals surface area contributed by atoms with Crippen LogP contribution in [-0.4, -0.2) is 17.3 Å². The Hall–Kier alpha value is -1.88. The first kappa shape index (κ1) is 12.2. The largest absolute Gasteiger partial charge is 0.493 e. The topological polar surface area (TPSA) is 73.2 Å². The molecule has 16 heavy (non-hydrogen) atoms. The van der Waals surface area contributed by atoms with Crippen molar-refractivity contribution in [3.8, 4) is 17.4 Å². The second-order valence-electron chi connectivity index (χ2n) is 2.91. The number of rotatable bonds is 3. The van der Waals surface area contributed by atoms with Gasteiger partial charge in [-0.3, -0.25) is 5.10 Å². The number of anilines is 1. The van der Waals surface area contributed by atoms with Crippen molar-refractivity contribution in [1.82, 2.24) is 10.2 Å². The maximum atomic E-state index is 5.47. The Morgan fingerprint density at radius 1 is 1.25 bits per heavy atom. The van der Waals surface area contributed by atoms with Gasteiger partial charge in [-0.25, -0.2) is 0 Å². The summed E-state index contributed by atoms with van der Waals surface area (Å²) >= 11 is 0. The van der Waals surface area contributed by atoms with Crippen LogP contribution in [0.3, 0.4) is 0 Å². The molecular weight excluding hydrogens is 230 g/mol. The van der Waals surface area contributed by atoms with Gasteiger partial charge >= 0.3 is 0 Å². The summed E-state index contributed by atoms with van der Waals surface area (Å²) in [4.78, 5) is 0. The van der Waals surface area contributed by atoms with Crippen LogP contribution in [-0.2, 0) is 0 Å². The van der Waals surface area contributed by atoms with Gasteiger partial charge in [0.15, 0.2) is 11.5 Å². The maximum absolute atomic E-state index is 5.47. The third-order valence-electron chi connectivity index (χ3n) is 1.86. The van der Waals surface area contributed by atoms with E-state index >= 15 is 0 Å². The monoisotopic (exact) mass is 241 g/mol. The minimum Gasteiger partial charge on any atom is -0.493 e. The minimum atomic E-state index is 0. The number of nitrogen functional groups attached to an aromatic ring is 1. The molecule has 6 heteroatoms. The molecule has 1 aromatic carbocycles. The fourth-order valence-electron chi connectivity index (χ4n) is 1.19. The second kappa shape index (κ2) is 5.27. The summed E-state index contributed by atoms with van der Waals surface area (Å²) in [6.45, 7) is 0. The van der Waals surface area contributed by atoms with Crippen LogP contribution in [0.15, 0.2) is 30.3 Å². The van der Waals surface area contributed by atoms with Crippen LogP contribution in [0, 0.1) is 0 Å². The van der Waals surface area contributed by atoms with E-state index in [-0.39, 0.29) is 12.4 Å². The summed E-state index contributed by atoms with van der Waals surface area (Å²) in [6.07, 6.45) is 0. The Bertz CT molecular complexity index is 459. The Balaban J connectivity index is 0.00000128. The fourth-order valence-corrected chi connectivity index (χ4v) is 1.19. The zero-order valence-electron chi connectivity index (χ0n) is 8.64. The van der Waals surface area contributed by atoms with Crippen LogP contribution in [0.1, 0.15) is 0 Å². The number of methoxy groups -OCH3 is 1. The number of aromatic nitrogens is 2. The fraction of sp³-hybridized carbons (Fsp3) is 0.100. The average molecular weight is 242 g/mol. The molecule has 0 aliphatic carbocycles. The number of hydrogen-bond donors (Lipinski definition) is 2. The predicted octanol–water partition coefficient (Wildman–Crippen LogP) is 2.21. The molecule has 0 unspecified atom stereocenters. The standard InChI is InChI=1S/C10H11N3O2.ClH/c1-14-7-4-2-3-5-8(7)15-10-6-9(11)12-13-10;/h2-6H,1H3,(H3,11,12,13);1H. The van der Waals surface area contributed by atoms with E-state index in [1.807, 2.05) is 18.2 Å². The zero-order valence-corrected chi connectivity index (χ0v) is 9.45. The van der Waals surface area contributed by atoms with Gasteiger partial charge in [0, 0.05) is 6.07 Å². The van der Waals surface area contributed by atoms with Crippen molar-refractivity contribution in [2.75, 3.05) is 12.8 Å². The van der Waals surface area contributed by atoms with E-state index in [1.54, 1.807) is 19.2 Å². The highest BCUT2D eigenvalue weighted by molar-refractivity contribution is 5.85. The van der Waals surface area contributed by atoms with Gasteiger partial charge in [0.1, 0.15) is 5.82 Å². The van der Waals surface area contributed by atoms with Crippen molar-refractivity contribution in [2.45, 2.75) is 0 Å². The van der Waals surface area contributed by atoms with Gasteiger partial charge in [-0.2, -0.15) is 0 Å². The molecular formula is C10H12ClN3O2. The number of halogens is 1. The van der Waals surface area contributed by atoms with Crippen molar-refractivity contribution in [3.05, 3.63) is 30.3 Å². The Kier molecular flexibility index (Phi) is 4.02. The number of nitrogens with two attached hydrogens (primary N) is 1. The summed E-state index contributed by atoms with van der Waals surface area (Å²) in [6, 6.07) is 8.93. The number of aromatic amines is 1. The smallest absolute Gasteiger partial charge is 0.240 e. The highest BCUT2D eigenvalue weighted by atomic mass is 35.5. The minimum absolute atomic E-state index is 0. The summed E-state index contributed by atoms with van der Waals surface area (Å²) in [5, 5.41) is 6.45. The molecule has 0 atom stereocenters. The van der Waals surface area contributed by atoms with Gasteiger partial charge in [-0.05, 0) is 12.1 Å². The van der Waals surface area contributed by atoms with Crippen LogP contribution >= 0.6 is 12.4 Å². The van der Waals surface area contributed by atoms with E-state index in [0.717, 1.165) is 0 Å². The zero-order chi connectivity index (χ0) is 10.7. The first-order chi connectivity index (χ1) is 7.29. The van der Waals surface area contributed by atoms with Crippen molar-refractivity contribution in [2.24, 2.45) is 0 Å². The van der Waals surface area contributed by atoms with Crippen molar-refractivity contribution in [1.29, 1.82) is 0 Å². The molecule has 2 rings (SSSR count). The highest BCUT2D eigenvalue weighted by Gasteiger charge is 2.05. The molecule has 0 aliphatic heterocycles. The van der Waals surface area contributed by atoms with E-state index in [1.165, 1.54) is 0 Å². The molecule has 0 spiro atoms. The van der Waals surface area contributed by atoms with Crippen molar-refractivity contribution >= 4 is 18.2 Å². The molecule has 0 saturated heterocycles. The summed E-state index contributed by atoms with van der Waals surface area (Å²) < 4.78 is 10.6. The lowest BCUT2D eigenvalue weighted by Crippen LogP contribution is -1.89. The SMILES string of the molecule is COc1ccccc1Oc1cc(N)[nH]n1.Cl. The number of nitrogens with zero attached hydrogens (tertiary/aromatic N) is 1. The lowest BCUT2D eigenvalue weighted by molar-refractivity contribution is 0.374. The van der Waals surface area contributed by atoms with E-state index < -0.39 is 0 Å². The number of hydrogen-bond acceptors (Lipinski definition) is 4. The number of H-pyrrole nitrogens is 1. The van der Waals surface area contributed by atoms with Gasteiger partial charge < -0.3 is 15.2 Å². The molecule has 3 N–H and O–H groups in total. The molecule has 0 aliphatic rings. The molecule has 2 aromatic rings. The quantitative estimate of drug-likeness (QED) is 0.864. The Morgan fingerprint density at radius 3 is 2.50 bits per heavy atom. The molecule has 0 saturated carbocycles. The van der Waals surface area contributed by atoms with Crippen LogP contribution < -0.4 is 15.2 Å². The molecule has 1 heterocycles. The third-order valence-corrected chi connectivity index (χ3v) is 1.86. The Labute approximate surface area is 99.0 Å². The van der Waals surface area contributed by atoms with E-state index in [4.69, 9.17) is 15.2 Å². The van der Waals surface area contributed by atoms with Crippen LogP contribution in [0.2, 0.25) is 0 Å². The first-order valence-electron chi connectivity index (χ1n) is 4.41. The Morgan fingerprint density at radius 2 is 1.94 bits per heavy atom. The first-order valence-corrected chi connectivity index (χ1v) is 4.41. The average Bonchev–Trinajstić information content (AvgIpc) is 2.65. The van der Waals surface area contributed by atoms with Crippen LogP contribution in [0.25, 0.3) is 0 Å². The number of ether oxygens (including phenoxy) is 2. The van der Waals surface area contributed by atoms with E-state index in [9.17, 15) is 0 Å². The molecule has 1 aromatic heterocycles. The van der Waals surface area contributed by atoms with Gasteiger partial charge in [0.2, 0.25) is 5.88 Å². The molecule has 0 fully saturated rings. The maximum Gasteiger partial charge on any atom is 0.240 e. The molecule has 86 valence electrons. The predicted molar refractivity (Wildman–Crippen MR) is 63.3 cm³/mol.